The topological polar surface area (TPSA) is 0 Å². The van der Waals surface area contributed by atoms with Gasteiger partial charge >= 0.3 is 80.2 Å². The van der Waals surface area contributed by atoms with Crippen LogP contribution in [0.25, 0.3) is 0 Å². The second-order valence-corrected chi connectivity index (χ2v) is 0. The molecule has 0 aliphatic rings. The van der Waals surface area contributed by atoms with Crippen LogP contribution in [0, 0.1) is 0 Å². The molecule has 0 saturated heterocycles. The zero-order chi connectivity index (χ0) is 0. The van der Waals surface area contributed by atoms with Crippen molar-refractivity contribution in [3.8, 4) is 0 Å². The molecule has 0 N–H and O–H groups in total. The van der Waals surface area contributed by atoms with Crippen molar-refractivity contribution in [3.63, 3.8) is 0 Å². The van der Waals surface area contributed by atoms with Crippen molar-refractivity contribution in [1.29, 1.82) is 0 Å². The number of rotatable bonds is 0. The molecule has 9 heteroatoms. The number of hydrogen-bond acceptors (Lipinski definition) is 0. The first-order valence-corrected chi connectivity index (χ1v) is 0. The Labute approximate surface area is 217 Å². The van der Waals surface area contributed by atoms with Crippen molar-refractivity contribution in [3.05, 3.63) is 0 Å². The summed E-state index contributed by atoms with van der Waals surface area (Å²) >= 11 is 0. The van der Waals surface area contributed by atoms with Crippen molar-refractivity contribution in [2.45, 2.75) is 0 Å². The van der Waals surface area contributed by atoms with Crippen molar-refractivity contribution < 1.29 is 224 Å². The van der Waals surface area contributed by atoms with E-state index in [4.69, 9.17) is 0 Å². The van der Waals surface area contributed by atoms with Gasteiger partial charge in [-0.3, -0.25) is 0 Å². The van der Waals surface area contributed by atoms with Crippen LogP contribution in [0.15, 0.2) is 0 Å². The fourth-order valence-electron chi connectivity index (χ4n) is 0. The van der Waals surface area contributed by atoms with E-state index in [1.165, 1.54) is 0 Å². The van der Waals surface area contributed by atoms with E-state index in [0.29, 0.717) is 0 Å². The molecule has 0 spiro atoms. The number of hydrogen-bond donors (Lipinski definition) is 0. The summed E-state index contributed by atoms with van der Waals surface area (Å²) in [6.07, 6.45) is 0. The maximum absolute atomic E-state index is 0. The summed E-state index contributed by atoms with van der Waals surface area (Å²) in [5.41, 5.74) is 0. The second kappa shape index (κ2) is 59.7. The van der Waals surface area contributed by atoms with Gasteiger partial charge in [-0.05, 0) is 0 Å². The summed E-state index contributed by atoms with van der Waals surface area (Å²) in [5.74, 6) is 0. The van der Waals surface area contributed by atoms with Crippen LogP contribution in [-0.4, -0.2) is 0 Å². The van der Waals surface area contributed by atoms with Crippen LogP contribution in [0.1, 0.15) is 0 Å². The molecule has 0 aromatic carbocycles. The van der Waals surface area contributed by atoms with Crippen molar-refractivity contribution >= 4 is 0 Å². The van der Waals surface area contributed by atoms with Crippen LogP contribution < -0.4 is 203 Å². The van der Waals surface area contributed by atoms with E-state index < -0.39 is 0 Å². The number of halogens is 6. The van der Waals surface area contributed by atoms with Gasteiger partial charge in [0.1, 0.15) is 0 Å². The Bertz CT molecular complexity index is 11.0. The Morgan fingerprint density at radius 2 is 0.333 bits per heavy atom. The normalized spacial score (nSPS) is 0. The third kappa shape index (κ3) is 51.5. The van der Waals surface area contributed by atoms with Gasteiger partial charge in [0, 0.05) is 0 Å². The average molecular weight is 1000 g/mol. The zero-order valence-electron chi connectivity index (χ0n) is 4.58. The molecule has 0 unspecified atom stereocenters. The van der Waals surface area contributed by atoms with Crippen LogP contribution in [0.2, 0.25) is 0 Å². The minimum Gasteiger partial charge on any atom is -1.00 e. The van der Waals surface area contributed by atoms with Gasteiger partial charge in [0.05, 0.1) is 0 Å². The van der Waals surface area contributed by atoms with E-state index in [1.54, 1.807) is 0 Å². The molecule has 0 rings (SSSR count). The Morgan fingerprint density at radius 3 is 0.333 bits per heavy atom. The first kappa shape index (κ1) is 73.0. The summed E-state index contributed by atoms with van der Waals surface area (Å²) in [4.78, 5) is 0. The SMILES string of the molecule is [I-].[I-].[I-].[I-].[I-].[I-].[Na+].[Na+].[Pt+4]. The quantitative estimate of drug-likeness (QED) is 0.168. The van der Waals surface area contributed by atoms with E-state index in [2.05, 4.69) is 0 Å². The predicted octanol–water partition coefficient (Wildman–Crippen LogP) is -24.0. The smallest absolute Gasteiger partial charge is 1.00 e. The van der Waals surface area contributed by atoms with Crippen molar-refractivity contribution in [2.75, 3.05) is 0 Å². The summed E-state index contributed by atoms with van der Waals surface area (Å²) in [5, 5.41) is 0. The van der Waals surface area contributed by atoms with Gasteiger partial charge < -0.3 is 144 Å². The van der Waals surface area contributed by atoms with Crippen molar-refractivity contribution in [1.82, 2.24) is 0 Å². The second-order valence-electron chi connectivity index (χ2n) is 0. The minimum absolute atomic E-state index is 0. The van der Waals surface area contributed by atoms with Gasteiger partial charge in [-0.1, -0.05) is 0 Å². The first-order chi connectivity index (χ1) is 0. The van der Waals surface area contributed by atoms with E-state index in [9.17, 15) is 0 Å². The monoisotopic (exact) mass is 1000 g/mol. The summed E-state index contributed by atoms with van der Waals surface area (Å²) in [7, 11) is 0. The van der Waals surface area contributed by atoms with Gasteiger partial charge in [0.2, 0.25) is 0 Å². The molecular weight excluding hydrogens is 1000 g/mol. The molecule has 0 atom stereocenters. The van der Waals surface area contributed by atoms with Gasteiger partial charge in [0.25, 0.3) is 0 Å². The van der Waals surface area contributed by atoms with E-state index in [-0.39, 0.29) is 224 Å². The molecule has 0 radical (unpaired) electrons. The van der Waals surface area contributed by atoms with E-state index in [1.807, 2.05) is 0 Å². The van der Waals surface area contributed by atoms with Gasteiger partial charge in [-0.15, -0.1) is 0 Å². The summed E-state index contributed by atoms with van der Waals surface area (Å²) in [6.45, 7) is 0. The minimum atomic E-state index is 0. The maximum Gasteiger partial charge on any atom is 4.00 e. The molecular formula is I6Na2Pt. The van der Waals surface area contributed by atoms with Gasteiger partial charge in [0.15, 0.2) is 0 Å². The largest absolute Gasteiger partial charge is 4.00 e. The van der Waals surface area contributed by atoms with E-state index in [0.717, 1.165) is 0 Å². The average Bonchev–Trinajstić information content (AvgIpc) is 0. The molecule has 0 bridgehead atoms. The summed E-state index contributed by atoms with van der Waals surface area (Å²) < 4.78 is 0. The molecule has 0 aromatic heterocycles. The molecule has 0 fully saturated rings. The van der Waals surface area contributed by atoms with E-state index >= 15 is 0 Å². The third-order valence-corrected chi connectivity index (χ3v) is 0. The zero-order valence-corrected chi connectivity index (χ0v) is 23.8. The Balaban J connectivity index is 0. The Hall–Kier alpha value is 7.07. The molecule has 0 nitrogen and oxygen atoms in total. The van der Waals surface area contributed by atoms with Crippen LogP contribution >= 0.6 is 0 Å². The van der Waals surface area contributed by atoms with Gasteiger partial charge in [-0.25, -0.2) is 0 Å². The molecule has 0 aromatic rings. The third-order valence-electron chi connectivity index (χ3n) is 0. The molecule has 0 heterocycles. The van der Waals surface area contributed by atoms with Crippen LogP contribution in [-0.2, 0) is 21.1 Å². The molecule has 0 aliphatic heterocycles. The predicted molar refractivity (Wildman–Crippen MR) is 0 cm³/mol. The fraction of sp³-hybridized carbons (Fsp3) is 0. The molecule has 0 aliphatic carbocycles. The molecule has 54 valence electrons. The molecule has 9 heavy (non-hydrogen) atoms. The van der Waals surface area contributed by atoms with Crippen LogP contribution in [0.3, 0.4) is 0 Å². The molecule has 0 saturated carbocycles. The maximum atomic E-state index is 0. The Kier molecular flexibility index (Phi) is 484. The Morgan fingerprint density at radius 1 is 0.333 bits per heavy atom. The van der Waals surface area contributed by atoms with Crippen LogP contribution in [0.4, 0.5) is 0 Å². The first-order valence-electron chi connectivity index (χ1n) is 0. The summed E-state index contributed by atoms with van der Waals surface area (Å²) in [6, 6.07) is 0. The fourth-order valence-corrected chi connectivity index (χ4v) is 0. The standard InChI is InChI=1S/6HI.2Na.Pt/h6*1H;;;/q;;;;;;2*+1;+4/p-6. The van der Waals surface area contributed by atoms with Crippen LogP contribution in [0.5, 0.6) is 0 Å². The van der Waals surface area contributed by atoms with Crippen molar-refractivity contribution in [2.24, 2.45) is 0 Å². The molecule has 0 amide bonds. The van der Waals surface area contributed by atoms with Gasteiger partial charge in [-0.2, -0.15) is 0 Å².